The van der Waals surface area contributed by atoms with E-state index in [9.17, 15) is 9.18 Å². The van der Waals surface area contributed by atoms with Crippen LogP contribution in [0, 0.1) is 0 Å². The van der Waals surface area contributed by atoms with Gasteiger partial charge in [0, 0.05) is 5.56 Å². The van der Waals surface area contributed by atoms with Gasteiger partial charge in [0.25, 0.3) is 0 Å². The summed E-state index contributed by atoms with van der Waals surface area (Å²) in [6.45, 7) is 1.75. The summed E-state index contributed by atoms with van der Waals surface area (Å²) in [4.78, 5) is 11.3. The Hall–Kier alpha value is -1.78. The first-order valence-corrected chi connectivity index (χ1v) is 5.16. The molecular formula is C12H15FO4. The lowest BCUT2D eigenvalue weighted by Crippen LogP contribution is -2.13. The SMILES string of the molecule is CCOC(=O)C(F)c1cc(OC)ccc1OC. The van der Waals surface area contributed by atoms with Crippen molar-refractivity contribution in [3.8, 4) is 11.5 Å². The molecule has 0 N–H and O–H groups in total. The van der Waals surface area contributed by atoms with Crippen molar-refractivity contribution in [1.82, 2.24) is 0 Å². The van der Waals surface area contributed by atoms with E-state index in [0.29, 0.717) is 5.75 Å². The fourth-order valence-corrected chi connectivity index (χ4v) is 1.38. The van der Waals surface area contributed by atoms with E-state index in [1.807, 2.05) is 0 Å². The molecule has 0 spiro atoms. The van der Waals surface area contributed by atoms with Crippen LogP contribution in [0.3, 0.4) is 0 Å². The monoisotopic (exact) mass is 242 g/mol. The van der Waals surface area contributed by atoms with Crippen molar-refractivity contribution in [2.24, 2.45) is 0 Å². The summed E-state index contributed by atoms with van der Waals surface area (Å²) >= 11 is 0. The number of hydrogen-bond acceptors (Lipinski definition) is 4. The minimum Gasteiger partial charge on any atom is -0.497 e. The second-order valence-corrected chi connectivity index (χ2v) is 3.22. The normalized spacial score (nSPS) is 11.8. The van der Waals surface area contributed by atoms with Gasteiger partial charge in [-0.1, -0.05) is 0 Å². The first kappa shape index (κ1) is 13.3. The smallest absolute Gasteiger partial charge is 0.345 e. The van der Waals surface area contributed by atoms with E-state index in [-0.39, 0.29) is 17.9 Å². The van der Waals surface area contributed by atoms with Gasteiger partial charge in [0.1, 0.15) is 11.5 Å². The second-order valence-electron chi connectivity index (χ2n) is 3.22. The van der Waals surface area contributed by atoms with Crippen molar-refractivity contribution < 1.29 is 23.4 Å². The Bertz CT molecular complexity index is 392. The minimum atomic E-state index is -1.88. The quantitative estimate of drug-likeness (QED) is 0.743. The maximum absolute atomic E-state index is 13.9. The number of rotatable bonds is 5. The fourth-order valence-electron chi connectivity index (χ4n) is 1.38. The molecule has 1 rings (SSSR count). The zero-order valence-corrected chi connectivity index (χ0v) is 10.0. The molecule has 5 heteroatoms. The van der Waals surface area contributed by atoms with Crippen LogP contribution in [0.1, 0.15) is 18.7 Å². The summed E-state index contributed by atoms with van der Waals surface area (Å²) < 4.78 is 28.5. The highest BCUT2D eigenvalue weighted by atomic mass is 19.1. The third kappa shape index (κ3) is 3.09. The van der Waals surface area contributed by atoms with Gasteiger partial charge < -0.3 is 14.2 Å². The molecule has 1 aromatic carbocycles. The summed E-state index contributed by atoms with van der Waals surface area (Å²) in [5.41, 5.74) is 0.102. The topological polar surface area (TPSA) is 44.8 Å². The van der Waals surface area contributed by atoms with E-state index >= 15 is 0 Å². The standard InChI is InChI=1S/C12H15FO4/c1-4-17-12(14)11(13)9-7-8(15-2)5-6-10(9)16-3/h5-7,11H,4H2,1-3H3. The molecule has 0 aliphatic rings. The first-order chi connectivity index (χ1) is 8.13. The molecule has 0 radical (unpaired) electrons. The lowest BCUT2D eigenvalue weighted by molar-refractivity contribution is -0.149. The van der Waals surface area contributed by atoms with E-state index in [0.717, 1.165) is 0 Å². The number of halogens is 1. The number of ether oxygens (including phenoxy) is 3. The van der Waals surface area contributed by atoms with Gasteiger partial charge in [-0.2, -0.15) is 0 Å². The van der Waals surface area contributed by atoms with Crippen molar-refractivity contribution in [2.75, 3.05) is 20.8 Å². The predicted molar refractivity (Wildman–Crippen MR) is 60.0 cm³/mol. The largest absolute Gasteiger partial charge is 0.497 e. The molecule has 0 heterocycles. The van der Waals surface area contributed by atoms with E-state index < -0.39 is 12.1 Å². The lowest BCUT2D eigenvalue weighted by Gasteiger charge is -2.13. The van der Waals surface area contributed by atoms with E-state index in [1.54, 1.807) is 19.1 Å². The molecule has 1 aromatic rings. The zero-order valence-electron chi connectivity index (χ0n) is 10.0. The van der Waals surface area contributed by atoms with Gasteiger partial charge in [0.15, 0.2) is 0 Å². The second kappa shape index (κ2) is 6.08. The molecule has 0 aliphatic carbocycles. The third-order valence-electron chi connectivity index (χ3n) is 2.20. The third-order valence-corrected chi connectivity index (χ3v) is 2.20. The Labute approximate surface area is 99.3 Å². The number of methoxy groups -OCH3 is 2. The highest BCUT2D eigenvalue weighted by Crippen LogP contribution is 2.32. The van der Waals surface area contributed by atoms with Crippen LogP contribution in [0.2, 0.25) is 0 Å². The van der Waals surface area contributed by atoms with Gasteiger partial charge in [-0.15, -0.1) is 0 Å². The van der Waals surface area contributed by atoms with Gasteiger partial charge in [0.2, 0.25) is 6.17 Å². The average Bonchev–Trinajstić information content (AvgIpc) is 2.37. The van der Waals surface area contributed by atoms with Gasteiger partial charge >= 0.3 is 5.97 Å². The molecule has 1 atom stereocenters. The Kier molecular flexibility index (Phi) is 4.75. The maximum Gasteiger partial charge on any atom is 0.345 e. The summed E-state index contributed by atoms with van der Waals surface area (Å²) in [6.07, 6.45) is -1.88. The summed E-state index contributed by atoms with van der Waals surface area (Å²) in [7, 11) is 2.87. The summed E-state index contributed by atoms with van der Waals surface area (Å²) in [6, 6.07) is 4.58. The Morgan fingerprint density at radius 3 is 2.59 bits per heavy atom. The van der Waals surface area contributed by atoms with Gasteiger partial charge in [-0.25, -0.2) is 9.18 Å². The zero-order chi connectivity index (χ0) is 12.8. The molecule has 0 aromatic heterocycles. The minimum absolute atomic E-state index is 0.102. The van der Waals surface area contributed by atoms with Crippen LogP contribution in [-0.2, 0) is 9.53 Å². The van der Waals surface area contributed by atoms with E-state index in [2.05, 4.69) is 4.74 Å². The van der Waals surface area contributed by atoms with Crippen LogP contribution in [-0.4, -0.2) is 26.8 Å². The molecule has 94 valence electrons. The van der Waals surface area contributed by atoms with Crippen molar-refractivity contribution in [3.05, 3.63) is 23.8 Å². The van der Waals surface area contributed by atoms with Crippen molar-refractivity contribution in [3.63, 3.8) is 0 Å². The molecular weight excluding hydrogens is 227 g/mol. The van der Waals surface area contributed by atoms with Crippen LogP contribution >= 0.6 is 0 Å². The van der Waals surface area contributed by atoms with Crippen molar-refractivity contribution >= 4 is 5.97 Å². The molecule has 17 heavy (non-hydrogen) atoms. The maximum atomic E-state index is 13.9. The molecule has 0 aliphatic heterocycles. The lowest BCUT2D eigenvalue weighted by atomic mass is 10.1. The highest BCUT2D eigenvalue weighted by molar-refractivity contribution is 5.77. The van der Waals surface area contributed by atoms with Crippen molar-refractivity contribution in [1.29, 1.82) is 0 Å². The van der Waals surface area contributed by atoms with Crippen LogP contribution in [0.5, 0.6) is 11.5 Å². The van der Waals surface area contributed by atoms with Crippen molar-refractivity contribution in [2.45, 2.75) is 13.1 Å². The van der Waals surface area contributed by atoms with E-state index in [4.69, 9.17) is 9.47 Å². The number of esters is 1. The fraction of sp³-hybridized carbons (Fsp3) is 0.417. The Balaban J connectivity index is 3.04. The molecule has 1 unspecified atom stereocenters. The first-order valence-electron chi connectivity index (χ1n) is 5.16. The highest BCUT2D eigenvalue weighted by Gasteiger charge is 2.25. The van der Waals surface area contributed by atoms with Crippen LogP contribution < -0.4 is 9.47 Å². The molecule has 4 nitrogen and oxygen atoms in total. The predicted octanol–water partition coefficient (Wildman–Crippen LogP) is 2.28. The molecule has 0 bridgehead atoms. The summed E-state index contributed by atoms with van der Waals surface area (Å²) in [5, 5.41) is 0. The number of carbonyl (C=O) groups is 1. The van der Waals surface area contributed by atoms with Gasteiger partial charge in [0.05, 0.1) is 20.8 Å². The Morgan fingerprint density at radius 1 is 1.35 bits per heavy atom. The van der Waals surface area contributed by atoms with Crippen LogP contribution in [0.15, 0.2) is 18.2 Å². The number of hydrogen-bond donors (Lipinski definition) is 0. The molecule has 0 saturated heterocycles. The molecule has 0 amide bonds. The van der Waals surface area contributed by atoms with E-state index in [1.165, 1.54) is 20.3 Å². The average molecular weight is 242 g/mol. The van der Waals surface area contributed by atoms with Gasteiger partial charge in [-0.05, 0) is 25.1 Å². The number of alkyl halides is 1. The van der Waals surface area contributed by atoms with Crippen LogP contribution in [0.25, 0.3) is 0 Å². The summed E-state index contributed by atoms with van der Waals surface area (Å²) in [5.74, 6) is -0.196. The van der Waals surface area contributed by atoms with Gasteiger partial charge in [-0.3, -0.25) is 0 Å². The molecule has 0 saturated carbocycles. The number of carbonyl (C=O) groups excluding carboxylic acids is 1. The van der Waals surface area contributed by atoms with Crippen LogP contribution in [0.4, 0.5) is 4.39 Å². The number of benzene rings is 1. The Morgan fingerprint density at radius 2 is 2.06 bits per heavy atom. The molecule has 0 fully saturated rings.